The summed E-state index contributed by atoms with van der Waals surface area (Å²) in [6.45, 7) is 2.97. The standard InChI is InChI=1S/C23H24N4O4S2/c1-17-21(32-22(25-17)19-7-10-24-11-8-19)23(28)26-12-14-27(15-13-26)33(29,30)16-9-18-3-5-20(31-2)6-4-18/h3-11,16H,12-15H2,1-2H3. The fourth-order valence-corrected chi connectivity index (χ4v) is 5.68. The van der Waals surface area contributed by atoms with Crippen molar-refractivity contribution >= 4 is 33.3 Å². The first-order valence-corrected chi connectivity index (χ1v) is 12.7. The molecule has 0 aliphatic carbocycles. The van der Waals surface area contributed by atoms with Gasteiger partial charge in [0.05, 0.1) is 12.8 Å². The third-order valence-electron chi connectivity index (χ3n) is 5.35. The normalized spacial score (nSPS) is 15.2. The van der Waals surface area contributed by atoms with Gasteiger partial charge in [-0.1, -0.05) is 12.1 Å². The van der Waals surface area contributed by atoms with Crippen molar-refractivity contribution in [1.82, 2.24) is 19.2 Å². The lowest BCUT2D eigenvalue weighted by atomic mass is 10.2. The van der Waals surface area contributed by atoms with Crippen molar-refractivity contribution in [1.29, 1.82) is 0 Å². The number of amides is 1. The van der Waals surface area contributed by atoms with Crippen molar-refractivity contribution in [3.8, 4) is 16.3 Å². The Morgan fingerprint density at radius 3 is 2.36 bits per heavy atom. The maximum atomic E-state index is 13.1. The molecule has 0 unspecified atom stereocenters. The van der Waals surface area contributed by atoms with Gasteiger partial charge in [0, 0.05) is 49.5 Å². The molecule has 0 bridgehead atoms. The zero-order valence-electron chi connectivity index (χ0n) is 18.3. The van der Waals surface area contributed by atoms with Gasteiger partial charge in [0.2, 0.25) is 10.0 Å². The number of methoxy groups -OCH3 is 1. The highest BCUT2D eigenvalue weighted by molar-refractivity contribution is 7.92. The predicted molar refractivity (Wildman–Crippen MR) is 129 cm³/mol. The van der Waals surface area contributed by atoms with Crippen LogP contribution in [0.5, 0.6) is 5.75 Å². The van der Waals surface area contributed by atoms with E-state index in [2.05, 4.69) is 9.97 Å². The monoisotopic (exact) mass is 484 g/mol. The molecule has 0 spiro atoms. The summed E-state index contributed by atoms with van der Waals surface area (Å²) in [7, 11) is -2.00. The predicted octanol–water partition coefficient (Wildman–Crippen LogP) is 3.28. The van der Waals surface area contributed by atoms with Gasteiger partial charge < -0.3 is 9.64 Å². The minimum atomic E-state index is -3.58. The van der Waals surface area contributed by atoms with Crippen LogP contribution in [0.15, 0.2) is 54.2 Å². The van der Waals surface area contributed by atoms with Crippen LogP contribution in [0.3, 0.4) is 0 Å². The number of carbonyl (C=O) groups excluding carboxylic acids is 1. The highest BCUT2D eigenvalue weighted by atomic mass is 32.2. The molecule has 0 radical (unpaired) electrons. The van der Waals surface area contributed by atoms with Crippen LogP contribution in [-0.4, -0.2) is 66.8 Å². The first-order chi connectivity index (χ1) is 15.9. The molecule has 0 saturated carbocycles. The van der Waals surface area contributed by atoms with Crippen molar-refractivity contribution < 1.29 is 17.9 Å². The van der Waals surface area contributed by atoms with Crippen LogP contribution >= 0.6 is 11.3 Å². The highest BCUT2D eigenvalue weighted by Gasteiger charge is 2.29. The third kappa shape index (κ3) is 5.29. The van der Waals surface area contributed by atoms with Gasteiger partial charge >= 0.3 is 0 Å². The van der Waals surface area contributed by atoms with Crippen LogP contribution < -0.4 is 4.74 Å². The SMILES string of the molecule is COc1ccc(C=CS(=O)(=O)N2CCN(C(=O)c3sc(-c4ccncc4)nc3C)CC2)cc1. The molecule has 0 atom stereocenters. The van der Waals surface area contributed by atoms with Gasteiger partial charge in [-0.15, -0.1) is 11.3 Å². The molecule has 2 aromatic heterocycles. The average Bonchev–Trinajstić information content (AvgIpc) is 3.25. The van der Waals surface area contributed by atoms with Gasteiger partial charge in [-0.3, -0.25) is 9.78 Å². The summed E-state index contributed by atoms with van der Waals surface area (Å²) in [4.78, 5) is 23.9. The maximum Gasteiger partial charge on any atom is 0.265 e. The van der Waals surface area contributed by atoms with Crippen molar-refractivity contribution in [3.63, 3.8) is 0 Å². The third-order valence-corrected chi connectivity index (χ3v) is 8.11. The average molecular weight is 485 g/mol. The Morgan fingerprint density at radius 1 is 1.06 bits per heavy atom. The molecule has 3 heterocycles. The van der Waals surface area contributed by atoms with Gasteiger partial charge in [-0.2, -0.15) is 4.31 Å². The summed E-state index contributed by atoms with van der Waals surface area (Å²) >= 11 is 1.35. The van der Waals surface area contributed by atoms with E-state index in [1.807, 2.05) is 19.1 Å². The van der Waals surface area contributed by atoms with Crippen LogP contribution in [0.2, 0.25) is 0 Å². The van der Waals surface area contributed by atoms with Gasteiger partial charge in [0.1, 0.15) is 15.6 Å². The Kier molecular flexibility index (Phi) is 6.87. The fraction of sp³-hybridized carbons (Fsp3) is 0.261. The van der Waals surface area contributed by atoms with E-state index in [1.54, 1.807) is 54.7 Å². The van der Waals surface area contributed by atoms with Crippen molar-refractivity contribution in [2.75, 3.05) is 33.3 Å². The highest BCUT2D eigenvalue weighted by Crippen LogP contribution is 2.29. The van der Waals surface area contributed by atoms with E-state index in [-0.39, 0.29) is 19.0 Å². The quantitative estimate of drug-likeness (QED) is 0.533. The number of thiazole rings is 1. The first-order valence-electron chi connectivity index (χ1n) is 10.4. The zero-order chi connectivity index (χ0) is 23.4. The molecule has 10 heteroatoms. The number of rotatable bonds is 6. The molecule has 33 heavy (non-hydrogen) atoms. The Bertz CT molecular complexity index is 1250. The zero-order valence-corrected chi connectivity index (χ0v) is 20.0. The molecule has 172 valence electrons. The van der Waals surface area contributed by atoms with Gasteiger partial charge in [0.15, 0.2) is 0 Å². The number of piperazine rings is 1. The first kappa shape index (κ1) is 23.1. The molecular weight excluding hydrogens is 460 g/mol. The van der Waals surface area contributed by atoms with Gasteiger partial charge in [0.25, 0.3) is 5.91 Å². The molecule has 0 N–H and O–H groups in total. The lowest BCUT2D eigenvalue weighted by Gasteiger charge is -2.33. The maximum absolute atomic E-state index is 13.1. The molecule has 1 saturated heterocycles. The van der Waals surface area contributed by atoms with E-state index in [1.165, 1.54) is 21.1 Å². The van der Waals surface area contributed by atoms with E-state index < -0.39 is 10.0 Å². The largest absolute Gasteiger partial charge is 0.497 e. The molecule has 4 rings (SSSR count). The smallest absolute Gasteiger partial charge is 0.265 e. The number of aromatic nitrogens is 2. The second kappa shape index (κ2) is 9.82. The van der Waals surface area contributed by atoms with Gasteiger partial charge in [-0.05, 0) is 42.8 Å². The second-order valence-corrected chi connectivity index (χ2v) is 10.3. The minimum absolute atomic E-state index is 0.115. The number of benzene rings is 1. The second-order valence-electron chi connectivity index (χ2n) is 7.48. The molecule has 1 aliphatic heterocycles. The number of pyridine rings is 1. The number of carbonyl (C=O) groups is 1. The van der Waals surface area contributed by atoms with E-state index in [0.717, 1.165) is 16.1 Å². The van der Waals surface area contributed by atoms with Crippen molar-refractivity contribution in [2.45, 2.75) is 6.92 Å². The summed E-state index contributed by atoms with van der Waals surface area (Å²) in [5.74, 6) is 0.594. The Labute approximate surface area is 197 Å². The topological polar surface area (TPSA) is 92.7 Å². The summed E-state index contributed by atoms with van der Waals surface area (Å²) in [6, 6.07) is 10.8. The number of aryl methyl sites for hydroxylation is 1. The van der Waals surface area contributed by atoms with Crippen LogP contribution in [-0.2, 0) is 10.0 Å². The summed E-state index contributed by atoms with van der Waals surface area (Å²) in [5.41, 5.74) is 2.35. The molecule has 1 aliphatic rings. The van der Waals surface area contributed by atoms with Crippen LogP contribution in [0, 0.1) is 6.92 Å². The Morgan fingerprint density at radius 2 is 1.73 bits per heavy atom. The van der Waals surface area contributed by atoms with Gasteiger partial charge in [-0.25, -0.2) is 13.4 Å². The number of sulfonamides is 1. The van der Waals surface area contributed by atoms with E-state index >= 15 is 0 Å². The molecular formula is C23H24N4O4S2. The van der Waals surface area contributed by atoms with Crippen LogP contribution in [0.25, 0.3) is 16.6 Å². The van der Waals surface area contributed by atoms with Crippen molar-refractivity contribution in [2.24, 2.45) is 0 Å². The van der Waals surface area contributed by atoms with Crippen LogP contribution in [0.1, 0.15) is 20.9 Å². The Balaban J connectivity index is 1.39. The van der Waals surface area contributed by atoms with E-state index in [4.69, 9.17) is 4.74 Å². The number of hydrogen-bond donors (Lipinski definition) is 0. The Hall–Kier alpha value is -3.08. The summed E-state index contributed by atoms with van der Waals surface area (Å²) < 4.78 is 32.0. The summed E-state index contributed by atoms with van der Waals surface area (Å²) in [5, 5.41) is 1.98. The number of nitrogens with zero attached hydrogens (tertiary/aromatic N) is 4. The molecule has 1 aromatic carbocycles. The fourth-order valence-electron chi connectivity index (χ4n) is 3.47. The van der Waals surface area contributed by atoms with Crippen LogP contribution in [0.4, 0.5) is 0 Å². The lowest BCUT2D eigenvalue weighted by molar-refractivity contribution is 0.0702. The van der Waals surface area contributed by atoms with E-state index in [0.29, 0.717) is 29.4 Å². The molecule has 1 fully saturated rings. The number of ether oxygens (including phenoxy) is 1. The molecule has 3 aromatic rings. The molecule has 8 nitrogen and oxygen atoms in total. The minimum Gasteiger partial charge on any atom is -0.497 e. The van der Waals surface area contributed by atoms with Crippen molar-refractivity contribution in [3.05, 3.63) is 70.3 Å². The summed E-state index contributed by atoms with van der Waals surface area (Å²) in [6.07, 6.45) is 4.94. The number of hydrogen-bond acceptors (Lipinski definition) is 7. The lowest BCUT2D eigenvalue weighted by Crippen LogP contribution is -2.50. The van der Waals surface area contributed by atoms with E-state index in [9.17, 15) is 13.2 Å². The molecule has 1 amide bonds.